The van der Waals surface area contributed by atoms with Crippen LogP contribution in [0.4, 0.5) is 11.4 Å². The molecule has 1 heterocycles. The molecule has 0 unspecified atom stereocenters. The lowest BCUT2D eigenvalue weighted by molar-refractivity contribution is 0.340. The Labute approximate surface area is 163 Å². The van der Waals surface area contributed by atoms with Crippen molar-refractivity contribution in [2.75, 3.05) is 11.9 Å². The van der Waals surface area contributed by atoms with E-state index < -0.39 is 0 Å². The minimum Gasteiger partial charge on any atom is -0.494 e. The molecule has 3 aromatic rings. The monoisotopic (exact) mass is 380 g/mol. The normalized spacial score (nSPS) is 11.5. The van der Waals surface area contributed by atoms with Gasteiger partial charge in [-0.15, -0.1) is 0 Å². The molecule has 140 valence electrons. The van der Waals surface area contributed by atoms with E-state index in [-0.39, 0.29) is 0 Å². The van der Waals surface area contributed by atoms with E-state index in [1.54, 1.807) is 3.96 Å². The number of nitrogens with zero attached hydrogens (tertiary/aromatic N) is 2. The fourth-order valence-electron chi connectivity index (χ4n) is 2.83. The van der Waals surface area contributed by atoms with Gasteiger partial charge in [0.2, 0.25) is 5.96 Å². The van der Waals surface area contributed by atoms with E-state index in [0.717, 1.165) is 22.0 Å². The Morgan fingerprint density at radius 1 is 1.07 bits per heavy atom. The van der Waals surface area contributed by atoms with E-state index in [1.807, 2.05) is 44.2 Å². The average Bonchev–Trinajstić information content (AvgIpc) is 2.94. The predicted molar refractivity (Wildman–Crippen MR) is 113 cm³/mol. The lowest BCUT2D eigenvalue weighted by Crippen LogP contribution is -2.28. The van der Waals surface area contributed by atoms with Crippen molar-refractivity contribution in [3.05, 3.63) is 70.0 Å². The minimum absolute atomic E-state index is 0.402. The topological polar surface area (TPSA) is 62.4 Å². The Kier molecular flexibility index (Phi) is 5.76. The Bertz CT molecular complexity index is 995. The van der Waals surface area contributed by atoms with Crippen LogP contribution < -0.4 is 15.5 Å². The van der Waals surface area contributed by atoms with Crippen LogP contribution in [0.2, 0.25) is 0 Å². The van der Waals surface area contributed by atoms with Crippen LogP contribution in [0.1, 0.15) is 22.9 Å². The molecule has 0 aliphatic rings. The first-order valence-electron chi connectivity index (χ1n) is 8.86. The number of aryl methyl sites for hydroxylation is 3. The van der Waals surface area contributed by atoms with Crippen molar-refractivity contribution >= 4 is 28.9 Å². The minimum atomic E-state index is 0.402. The van der Waals surface area contributed by atoms with Crippen LogP contribution in [0.15, 0.2) is 53.5 Å². The van der Waals surface area contributed by atoms with Crippen molar-refractivity contribution in [3.8, 4) is 5.75 Å². The molecule has 2 N–H and O–H groups in total. The van der Waals surface area contributed by atoms with Crippen molar-refractivity contribution in [1.82, 2.24) is 3.96 Å². The standard InChI is InChI=1S/C21H24N4OS/c1-5-26-19-8-6-17(7-9-19)23-21(25-20(22)13-16(4)27-25)24-18-11-14(2)10-15(3)12-18/h6-13,22H,5H2,1-4H3,(H,23,24). The number of aliphatic imine (C=N–C) groups is 1. The highest BCUT2D eigenvalue weighted by atomic mass is 32.1. The number of rotatable bonds is 4. The van der Waals surface area contributed by atoms with Crippen LogP contribution >= 0.6 is 11.5 Å². The largest absolute Gasteiger partial charge is 0.494 e. The number of ether oxygens (including phenoxy) is 1. The molecule has 0 amide bonds. The van der Waals surface area contributed by atoms with Crippen molar-refractivity contribution in [2.24, 2.45) is 4.99 Å². The van der Waals surface area contributed by atoms with E-state index in [0.29, 0.717) is 18.1 Å². The van der Waals surface area contributed by atoms with Gasteiger partial charge in [0.05, 0.1) is 12.3 Å². The summed E-state index contributed by atoms with van der Waals surface area (Å²) in [7, 11) is 0. The maximum atomic E-state index is 8.26. The number of nitrogens with one attached hydrogen (secondary N) is 2. The summed E-state index contributed by atoms with van der Waals surface area (Å²) in [5.41, 5.74) is 4.50. The van der Waals surface area contributed by atoms with E-state index in [2.05, 4.69) is 37.4 Å². The molecule has 0 aliphatic heterocycles. The second-order valence-corrected chi connectivity index (χ2v) is 7.58. The summed E-state index contributed by atoms with van der Waals surface area (Å²) in [6.45, 7) is 8.72. The Morgan fingerprint density at radius 3 is 2.30 bits per heavy atom. The SMILES string of the molecule is CCOc1ccc(N=C(Nc2cc(C)cc(C)c2)n2sc(C)cc2=N)cc1. The summed E-state index contributed by atoms with van der Waals surface area (Å²) < 4.78 is 7.29. The average molecular weight is 381 g/mol. The first kappa shape index (κ1) is 18.9. The molecular weight excluding hydrogens is 356 g/mol. The molecule has 0 aliphatic carbocycles. The second kappa shape index (κ2) is 8.22. The molecular formula is C21H24N4OS. The second-order valence-electron chi connectivity index (χ2n) is 6.39. The maximum Gasteiger partial charge on any atom is 0.223 e. The zero-order valence-corrected chi connectivity index (χ0v) is 16.9. The van der Waals surface area contributed by atoms with E-state index in [4.69, 9.17) is 15.1 Å². The van der Waals surface area contributed by atoms with Gasteiger partial charge in [-0.25, -0.2) is 8.95 Å². The van der Waals surface area contributed by atoms with Crippen LogP contribution in [-0.2, 0) is 0 Å². The Balaban J connectivity index is 2.01. The fraction of sp³-hybridized carbons (Fsp3) is 0.238. The molecule has 0 spiro atoms. The van der Waals surface area contributed by atoms with Crippen molar-refractivity contribution < 1.29 is 4.74 Å². The van der Waals surface area contributed by atoms with Gasteiger partial charge in [0, 0.05) is 10.6 Å². The summed E-state index contributed by atoms with van der Waals surface area (Å²) in [4.78, 5) is 5.82. The fourth-order valence-corrected chi connectivity index (χ4v) is 3.61. The van der Waals surface area contributed by atoms with Gasteiger partial charge in [0.25, 0.3) is 0 Å². The molecule has 0 atom stereocenters. The van der Waals surface area contributed by atoms with Crippen LogP contribution in [0.5, 0.6) is 5.75 Å². The van der Waals surface area contributed by atoms with Crippen LogP contribution in [0, 0.1) is 26.2 Å². The van der Waals surface area contributed by atoms with E-state index >= 15 is 0 Å². The van der Waals surface area contributed by atoms with Gasteiger partial charge in [0.15, 0.2) is 0 Å². The molecule has 1 aromatic heterocycles. The highest BCUT2D eigenvalue weighted by Gasteiger charge is 2.09. The van der Waals surface area contributed by atoms with Gasteiger partial charge in [-0.2, -0.15) is 0 Å². The quantitative estimate of drug-likeness (QED) is 0.494. The third kappa shape index (κ3) is 4.86. The smallest absolute Gasteiger partial charge is 0.223 e. The number of anilines is 1. The summed E-state index contributed by atoms with van der Waals surface area (Å²) in [6.07, 6.45) is 0. The highest BCUT2D eigenvalue weighted by Crippen LogP contribution is 2.20. The summed E-state index contributed by atoms with van der Waals surface area (Å²) >= 11 is 1.49. The summed E-state index contributed by atoms with van der Waals surface area (Å²) in [6, 6.07) is 15.8. The van der Waals surface area contributed by atoms with E-state index in [9.17, 15) is 0 Å². The summed E-state index contributed by atoms with van der Waals surface area (Å²) in [5, 5.41) is 11.7. The number of benzene rings is 2. The molecule has 6 heteroatoms. The molecule has 0 saturated heterocycles. The molecule has 3 rings (SSSR count). The lowest BCUT2D eigenvalue weighted by Gasteiger charge is -2.12. The Morgan fingerprint density at radius 2 is 1.74 bits per heavy atom. The van der Waals surface area contributed by atoms with Gasteiger partial charge in [-0.1, -0.05) is 17.6 Å². The first-order chi connectivity index (χ1) is 12.9. The van der Waals surface area contributed by atoms with Gasteiger partial charge in [-0.05, 0) is 81.3 Å². The molecule has 0 fully saturated rings. The molecule has 5 nitrogen and oxygen atoms in total. The zero-order valence-electron chi connectivity index (χ0n) is 16.0. The van der Waals surface area contributed by atoms with Crippen LogP contribution in [-0.4, -0.2) is 16.5 Å². The van der Waals surface area contributed by atoms with Gasteiger partial charge in [-0.3, -0.25) is 5.41 Å². The van der Waals surface area contributed by atoms with Crippen molar-refractivity contribution in [1.29, 1.82) is 5.41 Å². The zero-order chi connectivity index (χ0) is 19.4. The van der Waals surface area contributed by atoms with Gasteiger partial charge >= 0.3 is 0 Å². The number of hydrogen-bond acceptors (Lipinski definition) is 4. The maximum absolute atomic E-state index is 8.26. The summed E-state index contributed by atoms with van der Waals surface area (Å²) in [5.74, 6) is 1.42. The van der Waals surface area contributed by atoms with Crippen LogP contribution in [0.25, 0.3) is 0 Å². The Hall–Kier alpha value is -2.86. The third-order valence-electron chi connectivity index (χ3n) is 3.85. The molecule has 0 radical (unpaired) electrons. The van der Waals surface area contributed by atoms with Crippen LogP contribution in [0.3, 0.4) is 0 Å². The van der Waals surface area contributed by atoms with E-state index in [1.165, 1.54) is 22.7 Å². The molecule has 2 aromatic carbocycles. The molecule has 0 saturated carbocycles. The lowest BCUT2D eigenvalue weighted by atomic mass is 10.1. The van der Waals surface area contributed by atoms with Crippen molar-refractivity contribution in [3.63, 3.8) is 0 Å². The van der Waals surface area contributed by atoms with Gasteiger partial charge in [0.1, 0.15) is 11.2 Å². The number of aromatic nitrogens is 1. The van der Waals surface area contributed by atoms with Gasteiger partial charge < -0.3 is 10.1 Å². The molecule has 27 heavy (non-hydrogen) atoms. The third-order valence-corrected chi connectivity index (χ3v) is 4.81. The molecule has 0 bridgehead atoms. The highest BCUT2D eigenvalue weighted by molar-refractivity contribution is 7.07. The first-order valence-corrected chi connectivity index (χ1v) is 9.64. The van der Waals surface area contributed by atoms with Crippen molar-refractivity contribution in [2.45, 2.75) is 27.7 Å². The number of hydrogen-bond donors (Lipinski definition) is 2. The predicted octanol–water partition coefficient (Wildman–Crippen LogP) is 5.00.